The monoisotopic (exact) mass is 306 g/mol. The van der Waals surface area contributed by atoms with Crippen molar-refractivity contribution < 1.29 is 4.79 Å². The van der Waals surface area contributed by atoms with Gasteiger partial charge in [0.1, 0.15) is 18.1 Å². The number of hydrogen-bond donors (Lipinski definition) is 0. The van der Waals surface area contributed by atoms with Crippen LogP contribution in [-0.2, 0) is 6.42 Å². The summed E-state index contributed by atoms with van der Waals surface area (Å²) in [6.07, 6.45) is 3.80. The number of para-hydroxylation sites is 1. The zero-order chi connectivity index (χ0) is 16.0. The van der Waals surface area contributed by atoms with Crippen LogP contribution in [-0.4, -0.2) is 15.3 Å². The summed E-state index contributed by atoms with van der Waals surface area (Å²) in [5, 5.41) is 8.83. The lowest BCUT2D eigenvalue weighted by Gasteiger charge is -2.26. The quantitative estimate of drug-likeness (QED) is 0.781. The molecule has 0 spiro atoms. The number of benzene rings is 1. The van der Waals surface area contributed by atoms with Gasteiger partial charge in [-0.05, 0) is 25.0 Å². The number of fused-ring (bicyclic) bond motifs is 6. The predicted molar refractivity (Wildman–Crippen MR) is 86.8 cm³/mol. The molecule has 4 rings (SSSR count). The average Bonchev–Trinajstić information content (AvgIpc) is 2.98. The second-order valence-electron chi connectivity index (χ2n) is 6.05. The highest BCUT2D eigenvalue weighted by Gasteiger charge is 2.28. The topological polar surface area (TPSA) is 59.6 Å². The first-order valence-electron chi connectivity index (χ1n) is 7.97. The third kappa shape index (κ3) is 2.15. The van der Waals surface area contributed by atoms with Gasteiger partial charge in [-0.3, -0.25) is 4.79 Å². The van der Waals surface area contributed by atoms with Crippen molar-refractivity contribution in [2.24, 2.45) is 10.2 Å². The van der Waals surface area contributed by atoms with E-state index in [9.17, 15) is 4.79 Å². The van der Waals surface area contributed by atoms with Crippen LogP contribution < -0.4 is 0 Å². The molecule has 5 nitrogen and oxygen atoms in total. The first-order valence-corrected chi connectivity index (χ1v) is 7.97. The molecule has 0 amide bonds. The largest absolute Gasteiger partial charge is 0.302 e. The highest BCUT2D eigenvalue weighted by molar-refractivity contribution is 5.95. The van der Waals surface area contributed by atoms with Crippen LogP contribution in [0.5, 0.6) is 0 Å². The molecule has 2 aromatic rings. The Hall–Kier alpha value is -2.56. The maximum atomic E-state index is 12.3. The van der Waals surface area contributed by atoms with Crippen molar-refractivity contribution in [3.63, 3.8) is 0 Å². The summed E-state index contributed by atoms with van der Waals surface area (Å²) < 4.78 is 2.05. The van der Waals surface area contributed by atoms with E-state index in [1.165, 1.54) is 5.57 Å². The highest BCUT2D eigenvalue weighted by atomic mass is 16.1. The van der Waals surface area contributed by atoms with Crippen molar-refractivity contribution in [1.82, 2.24) is 9.55 Å². The number of Topliss-reactive ketones (excluding diaryl/α,β-unsaturated/α-hetero) is 1. The number of carbonyl (C=O) groups excluding carboxylic acids is 1. The van der Waals surface area contributed by atoms with Gasteiger partial charge < -0.3 is 4.57 Å². The van der Waals surface area contributed by atoms with E-state index in [4.69, 9.17) is 0 Å². The molecule has 0 N–H and O–H groups in total. The number of carbonyl (C=O) groups is 1. The fraction of sp³-hybridized carbons (Fsp3) is 0.333. The minimum atomic E-state index is 0.0470. The molecule has 0 aliphatic carbocycles. The Labute approximate surface area is 134 Å². The van der Waals surface area contributed by atoms with E-state index < -0.39 is 0 Å². The van der Waals surface area contributed by atoms with Crippen LogP contribution in [0.3, 0.4) is 0 Å². The molecule has 0 fully saturated rings. The summed E-state index contributed by atoms with van der Waals surface area (Å²) in [7, 11) is 0. The smallest absolute Gasteiger partial charge is 0.182 e. The predicted octanol–water partition coefficient (Wildman–Crippen LogP) is 4.19. The first kappa shape index (κ1) is 14.1. The SMILES string of the molecule is CCC(=O)c1ncn2c1CC1=C(C)N=NC(C1)c1ccccc1-2. The summed E-state index contributed by atoms with van der Waals surface area (Å²) in [6.45, 7) is 3.87. The normalized spacial score (nSPS) is 19.0. The van der Waals surface area contributed by atoms with Crippen molar-refractivity contribution in [3.05, 3.63) is 58.8 Å². The summed E-state index contributed by atoms with van der Waals surface area (Å²) in [6, 6.07) is 8.23. The zero-order valence-electron chi connectivity index (χ0n) is 13.3. The van der Waals surface area contributed by atoms with E-state index in [1.807, 2.05) is 26.0 Å². The lowest BCUT2D eigenvalue weighted by atomic mass is 9.90. The lowest BCUT2D eigenvalue weighted by molar-refractivity contribution is 0.0983. The fourth-order valence-electron chi connectivity index (χ4n) is 3.36. The van der Waals surface area contributed by atoms with Crippen LogP contribution in [0.2, 0.25) is 0 Å². The van der Waals surface area contributed by atoms with Crippen LogP contribution in [0, 0.1) is 0 Å². The van der Waals surface area contributed by atoms with Crippen molar-refractivity contribution in [3.8, 4) is 5.69 Å². The molecule has 2 bridgehead atoms. The number of aromatic nitrogens is 2. The summed E-state index contributed by atoms with van der Waals surface area (Å²) in [5.41, 5.74) is 5.94. The van der Waals surface area contributed by atoms with Crippen LogP contribution in [0.25, 0.3) is 5.69 Å². The van der Waals surface area contributed by atoms with Crippen molar-refractivity contribution >= 4 is 5.78 Å². The Morgan fingerprint density at radius 1 is 1.35 bits per heavy atom. The number of rotatable bonds is 2. The molecular weight excluding hydrogens is 288 g/mol. The fourth-order valence-corrected chi connectivity index (χ4v) is 3.36. The van der Waals surface area contributed by atoms with E-state index in [1.54, 1.807) is 6.33 Å². The zero-order valence-corrected chi connectivity index (χ0v) is 13.3. The van der Waals surface area contributed by atoms with Crippen LogP contribution >= 0.6 is 0 Å². The third-order valence-corrected chi connectivity index (χ3v) is 4.69. The van der Waals surface area contributed by atoms with Gasteiger partial charge in [-0.15, -0.1) is 0 Å². The summed E-state index contributed by atoms with van der Waals surface area (Å²) in [5.74, 6) is 0.0871. The second-order valence-corrected chi connectivity index (χ2v) is 6.05. The van der Waals surface area contributed by atoms with E-state index in [-0.39, 0.29) is 11.8 Å². The molecule has 3 heterocycles. The van der Waals surface area contributed by atoms with Gasteiger partial charge in [-0.1, -0.05) is 25.1 Å². The minimum absolute atomic E-state index is 0.0470. The summed E-state index contributed by atoms with van der Waals surface area (Å²) >= 11 is 0. The van der Waals surface area contributed by atoms with Crippen LogP contribution in [0.1, 0.15) is 54.5 Å². The van der Waals surface area contributed by atoms with Crippen LogP contribution in [0.4, 0.5) is 0 Å². The van der Waals surface area contributed by atoms with Gasteiger partial charge in [0.15, 0.2) is 5.78 Å². The van der Waals surface area contributed by atoms with Gasteiger partial charge in [0.25, 0.3) is 0 Å². The molecular formula is C18H18N4O. The standard InChI is InChI=1S/C18H18N4O/c1-3-17(23)18-16-9-12-8-14(21-20-11(12)2)13-6-4-5-7-15(13)22(16)10-19-18/h4-7,10,14H,3,8-9H2,1-2H3. The van der Waals surface area contributed by atoms with Gasteiger partial charge in [0.2, 0.25) is 0 Å². The molecule has 0 saturated carbocycles. The van der Waals surface area contributed by atoms with E-state index in [0.29, 0.717) is 18.5 Å². The van der Waals surface area contributed by atoms with Gasteiger partial charge >= 0.3 is 0 Å². The molecule has 1 aromatic heterocycles. The molecule has 2 aliphatic heterocycles. The molecule has 116 valence electrons. The Kier molecular flexibility index (Phi) is 3.22. The molecule has 2 aliphatic rings. The maximum absolute atomic E-state index is 12.3. The Bertz CT molecular complexity index is 860. The maximum Gasteiger partial charge on any atom is 0.182 e. The number of ketones is 1. The molecule has 23 heavy (non-hydrogen) atoms. The lowest BCUT2D eigenvalue weighted by Crippen LogP contribution is -2.16. The van der Waals surface area contributed by atoms with Crippen molar-refractivity contribution in [2.45, 2.75) is 39.2 Å². The molecule has 1 aromatic carbocycles. The van der Waals surface area contributed by atoms with Crippen molar-refractivity contribution in [1.29, 1.82) is 0 Å². The molecule has 5 heteroatoms. The van der Waals surface area contributed by atoms with Crippen molar-refractivity contribution in [2.75, 3.05) is 0 Å². The number of allylic oxidation sites excluding steroid dienone is 1. The highest BCUT2D eigenvalue weighted by Crippen LogP contribution is 2.39. The number of nitrogens with zero attached hydrogens (tertiary/aromatic N) is 4. The van der Waals surface area contributed by atoms with Gasteiger partial charge in [-0.2, -0.15) is 10.2 Å². The van der Waals surface area contributed by atoms with Gasteiger partial charge in [-0.25, -0.2) is 4.98 Å². The second kappa shape index (κ2) is 5.26. The van der Waals surface area contributed by atoms with Crippen LogP contribution in [0.15, 0.2) is 52.1 Å². The number of hydrogen-bond acceptors (Lipinski definition) is 4. The summed E-state index contributed by atoms with van der Waals surface area (Å²) in [4.78, 5) is 16.7. The average molecular weight is 306 g/mol. The molecule has 0 radical (unpaired) electrons. The minimum Gasteiger partial charge on any atom is -0.302 e. The van der Waals surface area contributed by atoms with Gasteiger partial charge in [0.05, 0.1) is 17.1 Å². The van der Waals surface area contributed by atoms with E-state index in [0.717, 1.165) is 29.1 Å². The first-order chi connectivity index (χ1) is 11.2. The molecule has 1 atom stereocenters. The molecule has 1 unspecified atom stereocenters. The third-order valence-electron chi connectivity index (χ3n) is 4.69. The number of azo groups is 1. The van der Waals surface area contributed by atoms with E-state index >= 15 is 0 Å². The Morgan fingerprint density at radius 3 is 3.00 bits per heavy atom. The Balaban J connectivity index is 1.99. The Morgan fingerprint density at radius 2 is 2.17 bits per heavy atom. The molecule has 0 saturated heterocycles. The number of imidazole rings is 1. The van der Waals surface area contributed by atoms with E-state index in [2.05, 4.69) is 31.9 Å². The van der Waals surface area contributed by atoms with Gasteiger partial charge in [0, 0.05) is 18.4 Å².